The number of carbonyl (C=O) groups is 2. The van der Waals surface area contributed by atoms with E-state index in [4.69, 9.17) is 4.74 Å². The maximum atomic E-state index is 13.4. The Morgan fingerprint density at radius 3 is 2.42 bits per heavy atom. The molecule has 1 N–H and O–H groups in total. The zero-order valence-corrected chi connectivity index (χ0v) is 16.6. The number of alkyl halides is 2. The highest BCUT2D eigenvalue weighted by Gasteiger charge is 2.20. The third-order valence-electron chi connectivity index (χ3n) is 3.92. The van der Waals surface area contributed by atoms with Crippen molar-refractivity contribution in [2.45, 2.75) is 19.6 Å². The summed E-state index contributed by atoms with van der Waals surface area (Å²) in [6.45, 7) is -1.65. The van der Waals surface area contributed by atoms with Gasteiger partial charge in [0.2, 0.25) is 0 Å². The van der Waals surface area contributed by atoms with Crippen molar-refractivity contribution in [1.29, 1.82) is 0 Å². The third kappa shape index (κ3) is 5.79. The van der Waals surface area contributed by atoms with Crippen LogP contribution >= 0.6 is 11.3 Å². The number of aromatic nitrogens is 1. The molecule has 3 rings (SSSR count). The van der Waals surface area contributed by atoms with Gasteiger partial charge in [-0.3, -0.25) is 10.1 Å². The van der Waals surface area contributed by atoms with Crippen LogP contribution in [0.5, 0.6) is 5.75 Å². The topological polar surface area (TPSA) is 77.5 Å². The second kappa shape index (κ2) is 9.56. The van der Waals surface area contributed by atoms with Crippen molar-refractivity contribution in [3.05, 3.63) is 65.0 Å². The molecule has 1 heterocycles. The number of amides is 1. The minimum Gasteiger partial charge on any atom is -0.449 e. The van der Waals surface area contributed by atoms with Gasteiger partial charge in [-0.2, -0.15) is 8.78 Å². The summed E-state index contributed by atoms with van der Waals surface area (Å²) in [5.74, 6) is -3.65. The Balaban J connectivity index is 1.58. The van der Waals surface area contributed by atoms with Gasteiger partial charge in [-0.15, -0.1) is 11.3 Å². The van der Waals surface area contributed by atoms with Gasteiger partial charge in [0.15, 0.2) is 22.9 Å². The molecule has 1 amide bonds. The summed E-state index contributed by atoms with van der Waals surface area (Å²) >= 11 is 1.05. The summed E-state index contributed by atoms with van der Waals surface area (Å²) in [5, 5.41) is 4.18. The predicted octanol–water partition coefficient (Wildman–Crippen LogP) is 4.87. The van der Waals surface area contributed by atoms with Crippen LogP contribution in [0.2, 0.25) is 0 Å². The fourth-order valence-electron chi connectivity index (χ4n) is 2.38. The van der Waals surface area contributed by atoms with Crippen LogP contribution in [0.1, 0.15) is 17.3 Å². The largest absolute Gasteiger partial charge is 0.449 e. The normalized spacial score (nSPS) is 11.8. The van der Waals surface area contributed by atoms with E-state index < -0.39 is 36.2 Å². The minimum absolute atomic E-state index is 0.0381. The average Bonchev–Trinajstić information content (AvgIpc) is 3.18. The quantitative estimate of drug-likeness (QED) is 0.407. The lowest BCUT2D eigenvalue weighted by atomic mass is 10.2. The predicted molar refractivity (Wildman–Crippen MR) is 104 cm³/mol. The number of halogens is 4. The monoisotopic (exact) mass is 454 g/mol. The molecule has 0 aliphatic heterocycles. The number of hydrogen-bond acceptors (Lipinski definition) is 6. The first-order valence-electron chi connectivity index (χ1n) is 8.70. The second-order valence-corrected chi connectivity index (χ2v) is 6.96. The fourth-order valence-corrected chi connectivity index (χ4v) is 3.10. The molecule has 11 heteroatoms. The molecule has 0 spiro atoms. The molecule has 0 radical (unpaired) electrons. The molecule has 0 unspecified atom stereocenters. The van der Waals surface area contributed by atoms with E-state index in [0.29, 0.717) is 11.3 Å². The van der Waals surface area contributed by atoms with E-state index in [0.717, 1.165) is 23.5 Å². The molecule has 3 aromatic rings. The summed E-state index contributed by atoms with van der Waals surface area (Å²) in [6.07, 6.45) is -1.19. The molecule has 31 heavy (non-hydrogen) atoms. The Kier molecular flexibility index (Phi) is 6.85. The first kappa shape index (κ1) is 22.2. The average molecular weight is 454 g/mol. The van der Waals surface area contributed by atoms with Gasteiger partial charge in [-0.1, -0.05) is 0 Å². The highest BCUT2D eigenvalue weighted by molar-refractivity contribution is 7.14. The number of benzene rings is 2. The van der Waals surface area contributed by atoms with Crippen LogP contribution in [0, 0.1) is 11.6 Å². The number of thiazole rings is 1. The van der Waals surface area contributed by atoms with Crippen molar-refractivity contribution >= 4 is 28.3 Å². The van der Waals surface area contributed by atoms with Crippen molar-refractivity contribution < 1.29 is 36.6 Å². The van der Waals surface area contributed by atoms with Gasteiger partial charge in [0.25, 0.3) is 5.91 Å². The van der Waals surface area contributed by atoms with Crippen LogP contribution in [-0.2, 0) is 9.53 Å². The van der Waals surface area contributed by atoms with Gasteiger partial charge < -0.3 is 9.47 Å². The molecule has 6 nitrogen and oxygen atoms in total. The van der Waals surface area contributed by atoms with Crippen LogP contribution in [0.15, 0.2) is 47.8 Å². The van der Waals surface area contributed by atoms with Crippen molar-refractivity contribution in [2.24, 2.45) is 0 Å². The Labute approximate surface area is 177 Å². The Hall–Kier alpha value is -3.47. The summed E-state index contributed by atoms with van der Waals surface area (Å²) < 4.78 is 60.0. The van der Waals surface area contributed by atoms with Crippen molar-refractivity contribution in [3.8, 4) is 17.0 Å². The molecule has 0 fully saturated rings. The van der Waals surface area contributed by atoms with Gasteiger partial charge in [0, 0.05) is 10.9 Å². The zero-order chi connectivity index (χ0) is 22.5. The van der Waals surface area contributed by atoms with E-state index >= 15 is 0 Å². The van der Waals surface area contributed by atoms with E-state index in [1.807, 2.05) is 0 Å². The number of esters is 1. The molecule has 1 aromatic heterocycles. The molecule has 0 saturated carbocycles. The number of nitrogens with one attached hydrogen (secondary N) is 1. The molecule has 2 aromatic carbocycles. The van der Waals surface area contributed by atoms with E-state index in [1.165, 1.54) is 37.3 Å². The molecule has 1 atom stereocenters. The number of nitrogens with zero attached hydrogens (tertiary/aromatic N) is 1. The lowest BCUT2D eigenvalue weighted by molar-refractivity contribution is -0.123. The Bertz CT molecular complexity index is 1090. The van der Waals surface area contributed by atoms with Crippen molar-refractivity contribution in [2.75, 3.05) is 5.32 Å². The van der Waals surface area contributed by atoms with Crippen LogP contribution in [0.3, 0.4) is 0 Å². The smallest absolute Gasteiger partial charge is 0.387 e. The minimum atomic E-state index is -2.99. The molecule has 0 aliphatic rings. The fraction of sp³-hybridized carbons (Fsp3) is 0.150. The molecule has 162 valence electrons. The first-order chi connectivity index (χ1) is 14.7. The molecular weight excluding hydrogens is 440 g/mol. The van der Waals surface area contributed by atoms with Crippen LogP contribution < -0.4 is 10.1 Å². The SMILES string of the molecule is C[C@@H](OC(=O)c1ccc(OC(F)F)cc1)C(=O)Nc1nc(-c2ccc(F)c(F)c2)cs1. The van der Waals surface area contributed by atoms with E-state index in [1.54, 1.807) is 5.38 Å². The number of ether oxygens (including phenoxy) is 2. The van der Waals surface area contributed by atoms with Crippen molar-refractivity contribution in [1.82, 2.24) is 4.98 Å². The number of rotatable bonds is 7. The van der Waals surface area contributed by atoms with Crippen LogP contribution in [0.25, 0.3) is 11.3 Å². The number of anilines is 1. The van der Waals surface area contributed by atoms with E-state index in [9.17, 15) is 27.2 Å². The van der Waals surface area contributed by atoms with Gasteiger partial charge >= 0.3 is 12.6 Å². The lowest BCUT2D eigenvalue weighted by Crippen LogP contribution is -2.29. The standard InChI is InChI=1S/C20H14F4N2O4S/c1-10(29-18(28)11-2-5-13(6-3-11)30-19(23)24)17(27)26-20-25-16(9-31-20)12-4-7-14(21)15(22)8-12/h2-10,19H,1H3,(H,25,26,27)/t10-/m1/s1. The summed E-state index contributed by atoms with van der Waals surface area (Å²) in [6, 6.07) is 8.08. The Morgan fingerprint density at radius 2 is 1.77 bits per heavy atom. The summed E-state index contributed by atoms with van der Waals surface area (Å²) in [4.78, 5) is 28.5. The maximum Gasteiger partial charge on any atom is 0.387 e. The van der Waals surface area contributed by atoms with Crippen LogP contribution in [-0.4, -0.2) is 29.6 Å². The molecule has 0 aliphatic carbocycles. The second-order valence-electron chi connectivity index (χ2n) is 6.11. The highest BCUT2D eigenvalue weighted by Crippen LogP contribution is 2.26. The highest BCUT2D eigenvalue weighted by atomic mass is 32.1. The van der Waals surface area contributed by atoms with Crippen molar-refractivity contribution in [3.63, 3.8) is 0 Å². The first-order valence-corrected chi connectivity index (χ1v) is 9.58. The van der Waals surface area contributed by atoms with Gasteiger partial charge in [-0.05, 0) is 49.4 Å². The zero-order valence-electron chi connectivity index (χ0n) is 15.8. The molecule has 0 saturated heterocycles. The molecular formula is C20H14F4N2O4S. The molecule has 0 bridgehead atoms. The summed E-state index contributed by atoms with van der Waals surface area (Å²) in [5.41, 5.74) is 0.695. The third-order valence-corrected chi connectivity index (χ3v) is 4.68. The van der Waals surface area contributed by atoms with Crippen LogP contribution in [0.4, 0.5) is 22.7 Å². The van der Waals surface area contributed by atoms with E-state index in [-0.39, 0.29) is 16.4 Å². The van der Waals surface area contributed by atoms with Gasteiger partial charge in [-0.25, -0.2) is 18.6 Å². The maximum absolute atomic E-state index is 13.4. The Morgan fingerprint density at radius 1 is 1.06 bits per heavy atom. The lowest BCUT2D eigenvalue weighted by Gasteiger charge is -2.12. The number of hydrogen-bond donors (Lipinski definition) is 1. The summed E-state index contributed by atoms with van der Waals surface area (Å²) in [7, 11) is 0. The van der Waals surface area contributed by atoms with Gasteiger partial charge in [0.1, 0.15) is 5.75 Å². The van der Waals surface area contributed by atoms with E-state index in [2.05, 4.69) is 15.0 Å². The van der Waals surface area contributed by atoms with Gasteiger partial charge in [0.05, 0.1) is 11.3 Å². The number of carbonyl (C=O) groups excluding carboxylic acids is 2.